The Morgan fingerprint density at radius 2 is 1.90 bits per heavy atom. The smallest absolute Gasteiger partial charge is 0.0372 e. The molecule has 1 heterocycles. The first kappa shape index (κ1) is 7.06. The minimum Gasteiger partial charge on any atom is -0.383 e. The maximum absolute atomic E-state index is 3.91. The molecule has 0 unspecified atom stereocenters. The molecule has 0 saturated carbocycles. The van der Waals surface area contributed by atoms with Crippen molar-refractivity contribution in [3.05, 3.63) is 24.5 Å². The predicted octanol–water partition coefficient (Wildman–Crippen LogP) is 1.90. The third-order valence-electron chi connectivity index (χ3n) is 1.14. The van der Waals surface area contributed by atoms with Crippen LogP contribution >= 0.6 is 0 Å². The SMILES string of the molecule is CC(C)Nc1ccncc1. The van der Waals surface area contributed by atoms with Crippen LogP contribution in [0.25, 0.3) is 0 Å². The lowest BCUT2D eigenvalue weighted by Gasteiger charge is -2.07. The van der Waals surface area contributed by atoms with E-state index in [2.05, 4.69) is 24.1 Å². The van der Waals surface area contributed by atoms with Gasteiger partial charge >= 0.3 is 0 Å². The van der Waals surface area contributed by atoms with Crippen molar-refractivity contribution >= 4 is 5.69 Å². The van der Waals surface area contributed by atoms with Crippen molar-refractivity contribution in [2.45, 2.75) is 19.9 Å². The van der Waals surface area contributed by atoms with Crippen molar-refractivity contribution in [2.24, 2.45) is 0 Å². The van der Waals surface area contributed by atoms with Crippen molar-refractivity contribution in [2.75, 3.05) is 5.32 Å². The zero-order valence-electron chi connectivity index (χ0n) is 6.33. The molecule has 0 aliphatic rings. The highest BCUT2D eigenvalue weighted by Gasteiger charge is 1.91. The van der Waals surface area contributed by atoms with Crippen LogP contribution in [-0.4, -0.2) is 11.0 Å². The number of nitrogens with one attached hydrogen (secondary N) is 1. The van der Waals surface area contributed by atoms with E-state index < -0.39 is 0 Å². The fourth-order valence-electron chi connectivity index (χ4n) is 0.781. The fraction of sp³-hybridized carbons (Fsp3) is 0.375. The van der Waals surface area contributed by atoms with Crippen LogP contribution in [0.4, 0.5) is 5.69 Å². The summed E-state index contributed by atoms with van der Waals surface area (Å²) in [5, 5.41) is 3.26. The largest absolute Gasteiger partial charge is 0.383 e. The third kappa shape index (κ3) is 2.05. The zero-order valence-corrected chi connectivity index (χ0v) is 6.33. The van der Waals surface area contributed by atoms with Gasteiger partial charge in [-0.1, -0.05) is 0 Å². The quantitative estimate of drug-likeness (QED) is 0.671. The highest BCUT2D eigenvalue weighted by atomic mass is 14.9. The molecule has 1 rings (SSSR count). The Morgan fingerprint density at radius 1 is 1.30 bits per heavy atom. The lowest BCUT2D eigenvalue weighted by atomic mass is 10.3. The minimum atomic E-state index is 0.488. The number of nitrogens with zero attached hydrogens (tertiary/aromatic N) is 1. The van der Waals surface area contributed by atoms with Crippen molar-refractivity contribution in [1.29, 1.82) is 0 Å². The predicted molar refractivity (Wildman–Crippen MR) is 43.0 cm³/mol. The summed E-state index contributed by atoms with van der Waals surface area (Å²) in [5.74, 6) is 0. The Labute approximate surface area is 61.3 Å². The van der Waals surface area contributed by atoms with Gasteiger partial charge in [0.2, 0.25) is 0 Å². The first-order valence-corrected chi connectivity index (χ1v) is 3.45. The summed E-state index contributed by atoms with van der Waals surface area (Å²) in [6.45, 7) is 4.22. The summed E-state index contributed by atoms with van der Waals surface area (Å²) in [6.07, 6.45) is 3.56. The summed E-state index contributed by atoms with van der Waals surface area (Å²) in [7, 11) is 0. The third-order valence-corrected chi connectivity index (χ3v) is 1.14. The molecule has 0 saturated heterocycles. The fourth-order valence-corrected chi connectivity index (χ4v) is 0.781. The molecule has 0 aliphatic heterocycles. The van der Waals surface area contributed by atoms with E-state index in [1.165, 1.54) is 0 Å². The molecule has 1 aromatic heterocycles. The molecular formula is C8H12N2. The van der Waals surface area contributed by atoms with Crippen molar-refractivity contribution in [3.8, 4) is 0 Å². The van der Waals surface area contributed by atoms with Crippen LogP contribution in [0.2, 0.25) is 0 Å². The van der Waals surface area contributed by atoms with Gasteiger partial charge in [-0.15, -0.1) is 0 Å². The van der Waals surface area contributed by atoms with E-state index in [9.17, 15) is 0 Å². The van der Waals surface area contributed by atoms with Gasteiger partial charge in [-0.05, 0) is 26.0 Å². The summed E-state index contributed by atoms with van der Waals surface area (Å²) in [5.41, 5.74) is 1.13. The molecule has 0 aliphatic carbocycles. The summed E-state index contributed by atoms with van der Waals surface area (Å²) in [6, 6.07) is 4.40. The molecule has 0 radical (unpaired) electrons. The van der Waals surface area contributed by atoms with Crippen LogP contribution < -0.4 is 5.32 Å². The average Bonchev–Trinajstić information content (AvgIpc) is 1.88. The molecule has 2 nitrogen and oxygen atoms in total. The monoisotopic (exact) mass is 136 g/mol. The van der Waals surface area contributed by atoms with E-state index >= 15 is 0 Å². The van der Waals surface area contributed by atoms with Crippen molar-refractivity contribution in [3.63, 3.8) is 0 Å². The summed E-state index contributed by atoms with van der Waals surface area (Å²) >= 11 is 0. The van der Waals surface area contributed by atoms with E-state index in [0.29, 0.717) is 6.04 Å². The number of pyridine rings is 1. The minimum absolute atomic E-state index is 0.488. The molecule has 0 spiro atoms. The van der Waals surface area contributed by atoms with Gasteiger partial charge < -0.3 is 5.32 Å². The molecule has 1 aromatic rings. The van der Waals surface area contributed by atoms with Crippen molar-refractivity contribution < 1.29 is 0 Å². The first-order valence-electron chi connectivity index (χ1n) is 3.45. The second-order valence-electron chi connectivity index (χ2n) is 2.53. The number of anilines is 1. The van der Waals surface area contributed by atoms with Crippen LogP contribution in [0.3, 0.4) is 0 Å². The number of rotatable bonds is 2. The van der Waals surface area contributed by atoms with Crippen LogP contribution in [-0.2, 0) is 0 Å². The molecule has 0 aromatic carbocycles. The Balaban J connectivity index is 2.59. The number of aromatic nitrogens is 1. The molecule has 0 atom stereocenters. The maximum Gasteiger partial charge on any atom is 0.0372 e. The number of hydrogen-bond acceptors (Lipinski definition) is 2. The summed E-state index contributed by atoms with van der Waals surface area (Å²) in [4.78, 5) is 3.91. The Bertz CT molecular complexity index is 182. The van der Waals surface area contributed by atoms with Gasteiger partial charge in [-0.3, -0.25) is 4.98 Å². The van der Waals surface area contributed by atoms with Crippen LogP contribution in [0.1, 0.15) is 13.8 Å². The van der Waals surface area contributed by atoms with E-state index in [-0.39, 0.29) is 0 Å². The van der Waals surface area contributed by atoms with E-state index in [1.54, 1.807) is 12.4 Å². The van der Waals surface area contributed by atoms with Gasteiger partial charge in [0.1, 0.15) is 0 Å². The highest BCUT2D eigenvalue weighted by Crippen LogP contribution is 2.04. The Hall–Kier alpha value is -1.05. The van der Waals surface area contributed by atoms with E-state index in [1.807, 2.05) is 12.1 Å². The number of hydrogen-bond donors (Lipinski definition) is 1. The maximum atomic E-state index is 3.91. The average molecular weight is 136 g/mol. The topological polar surface area (TPSA) is 24.9 Å². The van der Waals surface area contributed by atoms with Crippen LogP contribution in [0.15, 0.2) is 24.5 Å². The molecule has 0 bridgehead atoms. The highest BCUT2D eigenvalue weighted by molar-refractivity contribution is 5.41. The Morgan fingerprint density at radius 3 is 2.40 bits per heavy atom. The molecule has 2 heteroatoms. The summed E-state index contributed by atoms with van der Waals surface area (Å²) < 4.78 is 0. The molecule has 54 valence electrons. The zero-order chi connectivity index (χ0) is 7.40. The normalized spacial score (nSPS) is 9.90. The van der Waals surface area contributed by atoms with Crippen LogP contribution in [0.5, 0.6) is 0 Å². The molecule has 10 heavy (non-hydrogen) atoms. The molecular weight excluding hydrogens is 124 g/mol. The first-order chi connectivity index (χ1) is 4.79. The van der Waals surface area contributed by atoms with Crippen molar-refractivity contribution in [1.82, 2.24) is 4.98 Å². The van der Waals surface area contributed by atoms with Gasteiger partial charge in [-0.25, -0.2) is 0 Å². The lowest BCUT2D eigenvalue weighted by molar-refractivity contribution is 0.899. The van der Waals surface area contributed by atoms with Gasteiger partial charge in [0.25, 0.3) is 0 Å². The standard InChI is InChI=1S/C8H12N2/c1-7(2)10-8-3-5-9-6-4-8/h3-7H,1-2H3,(H,9,10). The van der Waals surface area contributed by atoms with Gasteiger partial charge in [0.05, 0.1) is 0 Å². The Kier molecular flexibility index (Phi) is 2.26. The van der Waals surface area contributed by atoms with Gasteiger partial charge in [0, 0.05) is 24.1 Å². The van der Waals surface area contributed by atoms with E-state index in [4.69, 9.17) is 0 Å². The molecule has 0 fully saturated rings. The lowest BCUT2D eigenvalue weighted by Crippen LogP contribution is -2.09. The second kappa shape index (κ2) is 3.20. The molecule has 0 amide bonds. The molecule has 1 N–H and O–H groups in total. The van der Waals surface area contributed by atoms with E-state index in [0.717, 1.165) is 5.69 Å². The second-order valence-corrected chi connectivity index (χ2v) is 2.53. The van der Waals surface area contributed by atoms with Crippen LogP contribution in [0, 0.1) is 0 Å². The van der Waals surface area contributed by atoms with Gasteiger partial charge in [0.15, 0.2) is 0 Å². The van der Waals surface area contributed by atoms with Gasteiger partial charge in [-0.2, -0.15) is 0 Å².